The van der Waals surface area contributed by atoms with E-state index in [1.807, 2.05) is 26.0 Å². The summed E-state index contributed by atoms with van der Waals surface area (Å²) < 4.78 is 5.51. The van der Waals surface area contributed by atoms with Gasteiger partial charge in [-0.2, -0.15) is 0 Å². The van der Waals surface area contributed by atoms with Crippen molar-refractivity contribution >= 4 is 70.1 Å². The fourth-order valence-electron chi connectivity index (χ4n) is 4.12. The third-order valence-corrected chi connectivity index (χ3v) is 7.99. The Morgan fingerprint density at radius 2 is 1.52 bits per heavy atom. The number of anilines is 2. The van der Waals surface area contributed by atoms with Gasteiger partial charge in [0.25, 0.3) is 11.8 Å². The number of hydrogen-bond donors (Lipinski definition) is 3. The molecule has 3 N–H and O–H groups in total. The standard InChI is InChI=1S/C34H31Cl2N3O4S/c1-3-31(34(42)38-27-19-24(35)18-25(36)20-27)44-29-12-8-11-26(21-29)37-33(41)30(39-32(40)23-9-6-5-7-10-23)17-22-13-15-28(16-14-22)43-4-2/h5-21,31H,3-4H2,1-2H3,(H,37,41)(H,38,42)(H,39,40)/b30-17+. The summed E-state index contributed by atoms with van der Waals surface area (Å²) >= 11 is 13.5. The van der Waals surface area contributed by atoms with Gasteiger partial charge in [0.2, 0.25) is 5.91 Å². The van der Waals surface area contributed by atoms with Gasteiger partial charge in [-0.05, 0) is 85.6 Å². The van der Waals surface area contributed by atoms with Crippen LogP contribution in [0.15, 0.2) is 108 Å². The van der Waals surface area contributed by atoms with Crippen molar-refractivity contribution in [1.82, 2.24) is 5.32 Å². The van der Waals surface area contributed by atoms with E-state index in [4.69, 9.17) is 27.9 Å². The Balaban J connectivity index is 1.50. The van der Waals surface area contributed by atoms with Crippen LogP contribution in [0.25, 0.3) is 6.08 Å². The van der Waals surface area contributed by atoms with E-state index < -0.39 is 17.1 Å². The van der Waals surface area contributed by atoms with E-state index in [0.717, 1.165) is 4.90 Å². The second-order valence-electron chi connectivity index (χ2n) is 9.52. The molecule has 0 saturated heterocycles. The van der Waals surface area contributed by atoms with Gasteiger partial charge in [0.05, 0.1) is 11.9 Å². The lowest BCUT2D eigenvalue weighted by molar-refractivity contribution is -0.116. The minimum atomic E-state index is -0.507. The molecule has 0 aliphatic rings. The van der Waals surface area contributed by atoms with Crippen molar-refractivity contribution < 1.29 is 19.1 Å². The van der Waals surface area contributed by atoms with Gasteiger partial charge in [0, 0.05) is 31.9 Å². The number of ether oxygens (including phenoxy) is 1. The van der Waals surface area contributed by atoms with Gasteiger partial charge in [0.15, 0.2) is 0 Å². The fourth-order valence-corrected chi connectivity index (χ4v) is 5.66. The molecule has 0 bridgehead atoms. The molecule has 44 heavy (non-hydrogen) atoms. The normalized spacial score (nSPS) is 11.8. The number of halogens is 2. The quantitative estimate of drug-likeness (QED) is 0.106. The predicted molar refractivity (Wildman–Crippen MR) is 180 cm³/mol. The highest BCUT2D eigenvalue weighted by Gasteiger charge is 2.20. The molecule has 0 aliphatic carbocycles. The fraction of sp³-hybridized carbons (Fsp3) is 0.147. The average Bonchev–Trinajstić information content (AvgIpc) is 3.00. The molecule has 1 unspecified atom stereocenters. The summed E-state index contributed by atoms with van der Waals surface area (Å²) in [4.78, 5) is 40.3. The second-order valence-corrected chi connectivity index (χ2v) is 11.7. The molecule has 4 aromatic carbocycles. The number of carbonyl (C=O) groups excluding carboxylic acids is 3. The van der Waals surface area contributed by atoms with Gasteiger partial charge in [-0.25, -0.2) is 0 Å². The second kappa shape index (κ2) is 16.0. The van der Waals surface area contributed by atoms with Crippen molar-refractivity contribution in [3.05, 3.63) is 124 Å². The maximum Gasteiger partial charge on any atom is 0.272 e. The van der Waals surface area contributed by atoms with Gasteiger partial charge in [-0.15, -0.1) is 11.8 Å². The Hall–Kier alpha value is -4.24. The van der Waals surface area contributed by atoms with Crippen molar-refractivity contribution in [2.75, 3.05) is 17.2 Å². The monoisotopic (exact) mass is 647 g/mol. The van der Waals surface area contributed by atoms with Crippen LogP contribution in [0.2, 0.25) is 10.0 Å². The van der Waals surface area contributed by atoms with E-state index in [9.17, 15) is 14.4 Å². The minimum absolute atomic E-state index is 0.0621. The lowest BCUT2D eigenvalue weighted by atomic mass is 10.1. The molecule has 0 fully saturated rings. The van der Waals surface area contributed by atoms with E-state index in [2.05, 4.69) is 16.0 Å². The highest BCUT2D eigenvalue weighted by molar-refractivity contribution is 8.00. The predicted octanol–water partition coefficient (Wildman–Crippen LogP) is 8.31. The van der Waals surface area contributed by atoms with Crippen LogP contribution < -0.4 is 20.7 Å². The first-order chi connectivity index (χ1) is 21.2. The molecule has 0 saturated carbocycles. The van der Waals surface area contributed by atoms with Crippen molar-refractivity contribution in [2.45, 2.75) is 30.4 Å². The zero-order valence-corrected chi connectivity index (χ0v) is 26.4. The molecular weight excluding hydrogens is 617 g/mol. The average molecular weight is 649 g/mol. The summed E-state index contributed by atoms with van der Waals surface area (Å²) in [5.74, 6) is -0.420. The van der Waals surface area contributed by atoms with Crippen LogP contribution in [0.5, 0.6) is 5.75 Å². The molecule has 7 nitrogen and oxygen atoms in total. The first-order valence-electron chi connectivity index (χ1n) is 13.9. The molecule has 0 aliphatic heterocycles. The number of hydrogen-bond acceptors (Lipinski definition) is 5. The van der Waals surface area contributed by atoms with E-state index in [1.165, 1.54) is 11.8 Å². The van der Waals surface area contributed by atoms with Crippen LogP contribution in [0.4, 0.5) is 11.4 Å². The Morgan fingerprint density at radius 3 is 2.18 bits per heavy atom. The Labute approximate surface area is 271 Å². The molecule has 0 radical (unpaired) electrons. The van der Waals surface area contributed by atoms with Gasteiger partial charge < -0.3 is 20.7 Å². The van der Waals surface area contributed by atoms with Gasteiger partial charge >= 0.3 is 0 Å². The largest absolute Gasteiger partial charge is 0.494 e. The molecular formula is C34H31Cl2N3O4S. The van der Waals surface area contributed by atoms with Crippen molar-refractivity contribution in [3.63, 3.8) is 0 Å². The Kier molecular flexibility index (Phi) is 11.9. The molecule has 3 amide bonds. The minimum Gasteiger partial charge on any atom is -0.494 e. The van der Waals surface area contributed by atoms with Crippen LogP contribution in [0.3, 0.4) is 0 Å². The van der Waals surface area contributed by atoms with E-state index >= 15 is 0 Å². The van der Waals surface area contributed by atoms with Gasteiger partial charge in [-0.3, -0.25) is 14.4 Å². The summed E-state index contributed by atoms with van der Waals surface area (Å²) in [5.41, 5.74) is 2.20. The number of rotatable bonds is 12. The van der Waals surface area contributed by atoms with Crippen molar-refractivity contribution in [3.8, 4) is 5.75 Å². The third-order valence-electron chi connectivity index (χ3n) is 6.19. The molecule has 226 valence electrons. The smallest absolute Gasteiger partial charge is 0.272 e. The summed E-state index contributed by atoms with van der Waals surface area (Å²) in [6.45, 7) is 4.35. The molecule has 0 aromatic heterocycles. The van der Waals surface area contributed by atoms with Crippen LogP contribution in [-0.4, -0.2) is 29.6 Å². The number of thioether (sulfide) groups is 1. The van der Waals surface area contributed by atoms with Gasteiger partial charge in [0.1, 0.15) is 11.4 Å². The maximum atomic E-state index is 13.5. The van der Waals surface area contributed by atoms with Gasteiger partial charge in [-0.1, -0.05) is 66.5 Å². The number of nitrogens with one attached hydrogen (secondary N) is 3. The molecule has 4 rings (SSSR count). The topological polar surface area (TPSA) is 96.5 Å². The van der Waals surface area contributed by atoms with E-state index in [0.29, 0.717) is 51.3 Å². The SMILES string of the molecule is CCOc1ccc(/C=C(/NC(=O)c2ccccc2)C(=O)Nc2cccc(SC(CC)C(=O)Nc3cc(Cl)cc(Cl)c3)c2)cc1. The molecule has 0 spiro atoms. The zero-order valence-electron chi connectivity index (χ0n) is 24.1. The van der Waals surface area contributed by atoms with Crippen molar-refractivity contribution in [1.29, 1.82) is 0 Å². The number of amides is 3. The molecule has 10 heteroatoms. The maximum absolute atomic E-state index is 13.5. The summed E-state index contributed by atoms with van der Waals surface area (Å²) in [6, 6.07) is 27.9. The Morgan fingerprint density at radius 1 is 0.818 bits per heavy atom. The van der Waals surface area contributed by atoms with Crippen LogP contribution in [0.1, 0.15) is 36.2 Å². The molecule has 0 heterocycles. The molecule has 1 atom stereocenters. The number of carbonyl (C=O) groups is 3. The lowest BCUT2D eigenvalue weighted by Crippen LogP contribution is -2.30. The summed E-state index contributed by atoms with van der Waals surface area (Å²) in [7, 11) is 0. The highest BCUT2D eigenvalue weighted by atomic mass is 35.5. The summed E-state index contributed by atoms with van der Waals surface area (Å²) in [6.07, 6.45) is 2.16. The van der Waals surface area contributed by atoms with E-state index in [1.54, 1.807) is 91.0 Å². The van der Waals surface area contributed by atoms with Crippen LogP contribution in [-0.2, 0) is 9.59 Å². The zero-order chi connectivity index (χ0) is 31.5. The first-order valence-corrected chi connectivity index (χ1v) is 15.5. The summed E-state index contributed by atoms with van der Waals surface area (Å²) in [5, 5.41) is 8.92. The third kappa shape index (κ3) is 9.64. The highest BCUT2D eigenvalue weighted by Crippen LogP contribution is 2.30. The van der Waals surface area contributed by atoms with Crippen LogP contribution in [0, 0.1) is 0 Å². The van der Waals surface area contributed by atoms with Crippen LogP contribution >= 0.6 is 35.0 Å². The molecule has 4 aromatic rings. The van der Waals surface area contributed by atoms with E-state index in [-0.39, 0.29) is 11.6 Å². The van der Waals surface area contributed by atoms with Crippen molar-refractivity contribution in [2.24, 2.45) is 0 Å². The number of benzene rings is 4. The lowest BCUT2D eigenvalue weighted by Gasteiger charge is -2.16. The Bertz CT molecular complexity index is 1630. The first kappa shape index (κ1) is 32.7.